The molecule has 0 saturated heterocycles. The number of carbonyl (C=O) groups excluding carboxylic acids is 1. The minimum atomic E-state index is -1.73. The third-order valence-corrected chi connectivity index (χ3v) is 5.22. The average molecular weight is 324 g/mol. The Morgan fingerprint density at radius 1 is 1.38 bits per heavy atom. The Balaban J connectivity index is 2.15. The zero-order valence-corrected chi connectivity index (χ0v) is 13.3. The van der Waals surface area contributed by atoms with Crippen molar-refractivity contribution in [3.63, 3.8) is 0 Å². The maximum atomic E-state index is 11.7. The minimum Gasteiger partial charge on any atom is -0.375 e. The molecule has 1 amide bonds. The highest BCUT2D eigenvalue weighted by molar-refractivity contribution is 8.01. The molecule has 0 aliphatic carbocycles. The molecule has 1 aromatic carbocycles. The SMILES string of the molecule is CN(C)c1nnc(SC[C@](O)(C(N)=O)c2ccccc2)s1. The van der Waals surface area contributed by atoms with E-state index in [1.807, 2.05) is 25.1 Å². The fraction of sp³-hybridized carbons (Fsp3) is 0.308. The molecule has 0 aliphatic heterocycles. The van der Waals surface area contributed by atoms with Crippen LogP contribution in [0.15, 0.2) is 34.7 Å². The Morgan fingerprint density at radius 3 is 2.57 bits per heavy atom. The number of anilines is 1. The summed E-state index contributed by atoms with van der Waals surface area (Å²) in [5, 5.41) is 19.4. The first-order chi connectivity index (χ1) is 9.93. The van der Waals surface area contributed by atoms with E-state index in [-0.39, 0.29) is 5.75 Å². The minimum absolute atomic E-state index is 0.0917. The highest BCUT2D eigenvalue weighted by atomic mass is 32.2. The third-order valence-electron chi connectivity index (χ3n) is 2.84. The van der Waals surface area contributed by atoms with Crippen LogP contribution in [0.4, 0.5) is 5.13 Å². The zero-order valence-electron chi connectivity index (χ0n) is 11.7. The fourth-order valence-corrected chi connectivity index (χ4v) is 3.50. The molecule has 0 spiro atoms. The zero-order chi connectivity index (χ0) is 15.5. The lowest BCUT2D eigenvalue weighted by molar-refractivity contribution is -0.134. The molecule has 0 radical (unpaired) electrons. The molecule has 2 aromatic rings. The van der Waals surface area contributed by atoms with Gasteiger partial charge in [0.25, 0.3) is 5.91 Å². The number of aromatic nitrogens is 2. The van der Waals surface area contributed by atoms with Crippen molar-refractivity contribution in [2.75, 3.05) is 24.7 Å². The number of nitrogens with two attached hydrogens (primary N) is 1. The molecule has 0 fully saturated rings. The van der Waals surface area contributed by atoms with Crippen LogP contribution in [0.5, 0.6) is 0 Å². The monoisotopic (exact) mass is 324 g/mol. The number of aliphatic hydroxyl groups is 1. The number of thioether (sulfide) groups is 1. The summed E-state index contributed by atoms with van der Waals surface area (Å²) in [6.45, 7) is 0. The van der Waals surface area contributed by atoms with Gasteiger partial charge in [0.2, 0.25) is 5.13 Å². The van der Waals surface area contributed by atoms with E-state index in [1.165, 1.54) is 23.1 Å². The molecule has 6 nitrogen and oxygen atoms in total. The van der Waals surface area contributed by atoms with Gasteiger partial charge in [0.15, 0.2) is 9.94 Å². The second kappa shape index (κ2) is 6.42. The smallest absolute Gasteiger partial charge is 0.254 e. The average Bonchev–Trinajstić information content (AvgIpc) is 2.94. The Hall–Kier alpha value is -1.64. The molecule has 2 rings (SSSR count). The molecule has 8 heteroatoms. The van der Waals surface area contributed by atoms with Crippen LogP contribution in [-0.2, 0) is 10.4 Å². The normalized spacial score (nSPS) is 13.7. The van der Waals surface area contributed by atoms with Crippen LogP contribution < -0.4 is 10.6 Å². The van der Waals surface area contributed by atoms with Gasteiger partial charge in [-0.2, -0.15) is 0 Å². The lowest BCUT2D eigenvalue weighted by Gasteiger charge is -2.24. The highest BCUT2D eigenvalue weighted by Gasteiger charge is 2.36. The highest BCUT2D eigenvalue weighted by Crippen LogP contribution is 2.32. The lowest BCUT2D eigenvalue weighted by atomic mass is 9.95. The first kappa shape index (κ1) is 15.7. The van der Waals surface area contributed by atoms with Gasteiger partial charge in [0, 0.05) is 19.8 Å². The molecule has 0 bridgehead atoms. The number of hydrogen-bond acceptors (Lipinski definition) is 7. The summed E-state index contributed by atoms with van der Waals surface area (Å²) in [5.41, 5.74) is 4.13. The number of rotatable bonds is 6. The van der Waals surface area contributed by atoms with Crippen molar-refractivity contribution in [3.8, 4) is 0 Å². The topological polar surface area (TPSA) is 92.3 Å². The van der Waals surface area contributed by atoms with Crippen molar-refractivity contribution >= 4 is 34.1 Å². The summed E-state index contributed by atoms with van der Waals surface area (Å²) in [6.07, 6.45) is 0. The van der Waals surface area contributed by atoms with E-state index in [4.69, 9.17) is 5.73 Å². The van der Waals surface area contributed by atoms with Crippen LogP contribution in [0, 0.1) is 0 Å². The second-order valence-corrected chi connectivity index (χ2v) is 6.80. The van der Waals surface area contributed by atoms with Gasteiger partial charge in [-0.3, -0.25) is 4.79 Å². The summed E-state index contributed by atoms with van der Waals surface area (Å²) >= 11 is 2.65. The van der Waals surface area contributed by atoms with Crippen LogP contribution in [0.1, 0.15) is 5.56 Å². The van der Waals surface area contributed by atoms with Gasteiger partial charge in [-0.1, -0.05) is 53.4 Å². The number of nitrogens with zero attached hydrogens (tertiary/aromatic N) is 3. The summed E-state index contributed by atoms with van der Waals surface area (Å²) in [4.78, 5) is 13.5. The van der Waals surface area contributed by atoms with Crippen molar-refractivity contribution in [1.82, 2.24) is 10.2 Å². The van der Waals surface area contributed by atoms with E-state index in [9.17, 15) is 9.90 Å². The summed E-state index contributed by atoms with van der Waals surface area (Å²) in [6, 6.07) is 8.67. The predicted molar refractivity (Wildman–Crippen MR) is 84.5 cm³/mol. The number of carbonyl (C=O) groups is 1. The third kappa shape index (κ3) is 3.52. The molecule has 3 N–H and O–H groups in total. The number of hydrogen-bond donors (Lipinski definition) is 2. The summed E-state index contributed by atoms with van der Waals surface area (Å²) in [7, 11) is 3.75. The van der Waals surface area contributed by atoms with Gasteiger partial charge in [0.05, 0.1) is 0 Å². The molecule has 0 unspecified atom stereocenters. The van der Waals surface area contributed by atoms with E-state index in [0.29, 0.717) is 9.90 Å². The van der Waals surface area contributed by atoms with Crippen molar-refractivity contribution in [1.29, 1.82) is 0 Å². The van der Waals surface area contributed by atoms with Crippen molar-refractivity contribution in [2.24, 2.45) is 5.73 Å². The van der Waals surface area contributed by atoms with Crippen molar-refractivity contribution < 1.29 is 9.90 Å². The Morgan fingerprint density at radius 2 is 2.05 bits per heavy atom. The van der Waals surface area contributed by atoms with E-state index < -0.39 is 11.5 Å². The maximum Gasteiger partial charge on any atom is 0.254 e. The van der Waals surface area contributed by atoms with Crippen LogP contribution in [0.3, 0.4) is 0 Å². The molecule has 0 saturated carbocycles. The van der Waals surface area contributed by atoms with Gasteiger partial charge in [-0.25, -0.2) is 0 Å². The lowest BCUT2D eigenvalue weighted by Crippen LogP contribution is -2.43. The summed E-state index contributed by atoms with van der Waals surface area (Å²) < 4.78 is 0.675. The number of primary amides is 1. The predicted octanol–water partition coefficient (Wildman–Crippen LogP) is 1.07. The Bertz CT molecular complexity index is 618. The first-order valence-electron chi connectivity index (χ1n) is 6.15. The maximum absolute atomic E-state index is 11.7. The van der Waals surface area contributed by atoms with Gasteiger partial charge in [-0.15, -0.1) is 10.2 Å². The fourth-order valence-electron chi connectivity index (χ4n) is 1.62. The van der Waals surface area contributed by atoms with Gasteiger partial charge < -0.3 is 15.7 Å². The molecule has 1 aromatic heterocycles. The molecular weight excluding hydrogens is 308 g/mol. The van der Waals surface area contributed by atoms with Crippen LogP contribution in [-0.4, -0.2) is 41.1 Å². The van der Waals surface area contributed by atoms with E-state index in [0.717, 1.165) is 5.13 Å². The van der Waals surface area contributed by atoms with E-state index in [1.54, 1.807) is 24.3 Å². The van der Waals surface area contributed by atoms with Crippen molar-refractivity contribution in [2.45, 2.75) is 9.94 Å². The Kier molecular flexibility index (Phi) is 4.81. The number of amides is 1. The largest absolute Gasteiger partial charge is 0.375 e. The molecule has 1 atom stereocenters. The van der Waals surface area contributed by atoms with Gasteiger partial charge in [0.1, 0.15) is 0 Å². The van der Waals surface area contributed by atoms with Gasteiger partial charge >= 0.3 is 0 Å². The van der Waals surface area contributed by atoms with E-state index in [2.05, 4.69) is 10.2 Å². The summed E-state index contributed by atoms with van der Waals surface area (Å²) in [5.74, 6) is -0.687. The second-order valence-electron chi connectivity index (χ2n) is 4.62. The number of benzene rings is 1. The molecule has 1 heterocycles. The first-order valence-corrected chi connectivity index (χ1v) is 7.95. The molecule has 112 valence electrons. The molecular formula is C13H16N4O2S2. The van der Waals surface area contributed by atoms with Crippen molar-refractivity contribution in [3.05, 3.63) is 35.9 Å². The molecule has 21 heavy (non-hydrogen) atoms. The Labute approximate surface area is 131 Å². The van der Waals surface area contributed by atoms with Crippen LogP contribution >= 0.6 is 23.1 Å². The standard InChI is InChI=1S/C13H16N4O2S2/c1-17(2)11-15-16-12(21-11)20-8-13(19,10(14)18)9-6-4-3-5-7-9/h3-7,19H,8H2,1-2H3,(H2,14,18)/t13-/m1/s1. The van der Waals surface area contributed by atoms with Gasteiger partial charge in [-0.05, 0) is 5.56 Å². The quantitative estimate of drug-likeness (QED) is 0.772. The van der Waals surface area contributed by atoms with Crippen LogP contribution in [0.2, 0.25) is 0 Å². The van der Waals surface area contributed by atoms with E-state index >= 15 is 0 Å². The molecule has 0 aliphatic rings. The van der Waals surface area contributed by atoms with Crippen LogP contribution in [0.25, 0.3) is 0 Å².